The van der Waals surface area contributed by atoms with Crippen molar-refractivity contribution in [3.63, 3.8) is 0 Å². The molecule has 7 nitrogen and oxygen atoms in total. The van der Waals surface area contributed by atoms with Gasteiger partial charge in [-0.2, -0.15) is 0 Å². The number of methoxy groups -OCH3 is 2. The summed E-state index contributed by atoms with van der Waals surface area (Å²) < 4.78 is 10.8. The molecule has 0 bridgehead atoms. The van der Waals surface area contributed by atoms with E-state index in [4.69, 9.17) is 14.5 Å². The quantitative estimate of drug-likeness (QED) is 0.835. The van der Waals surface area contributed by atoms with Crippen molar-refractivity contribution < 1.29 is 9.47 Å². The number of aromatic amines is 1. The maximum absolute atomic E-state index is 12.6. The number of benzene rings is 1. The summed E-state index contributed by atoms with van der Waals surface area (Å²) in [5.74, 6) is 3.04. The first-order valence-corrected chi connectivity index (χ1v) is 10.4. The molecule has 29 heavy (non-hydrogen) atoms. The van der Waals surface area contributed by atoms with Gasteiger partial charge in [0.2, 0.25) is 5.95 Å². The number of nitrogens with zero attached hydrogens (tertiary/aromatic N) is 3. The van der Waals surface area contributed by atoms with Gasteiger partial charge >= 0.3 is 0 Å². The standard InChI is InChI=1S/C22H30N4O3/c1-15-4-8-26(9-5-15)22-23-20-14-25(7-6-19(20)21(27)24-22)13-16-10-17(28-2)12-18(11-16)29-3/h10-12,15H,4-9,13-14H2,1-3H3,(H,23,24,27). The van der Waals surface area contributed by atoms with Crippen molar-refractivity contribution in [3.8, 4) is 11.5 Å². The molecule has 3 heterocycles. The lowest BCUT2D eigenvalue weighted by Crippen LogP contribution is -2.39. The Balaban J connectivity index is 1.52. The molecule has 0 atom stereocenters. The minimum absolute atomic E-state index is 0.0197. The predicted molar refractivity (Wildman–Crippen MR) is 113 cm³/mol. The largest absolute Gasteiger partial charge is 0.497 e. The first-order chi connectivity index (χ1) is 14.1. The Hall–Kier alpha value is -2.54. The SMILES string of the molecule is COc1cc(CN2CCc3c(nc(N4CCC(C)CC4)[nH]c3=O)C2)cc(OC)c1. The molecule has 2 aliphatic rings. The average molecular weight is 399 g/mol. The third-order valence-corrected chi connectivity index (χ3v) is 6.04. The van der Waals surface area contributed by atoms with Gasteiger partial charge in [0.25, 0.3) is 5.56 Å². The molecule has 1 aromatic carbocycles. The summed E-state index contributed by atoms with van der Waals surface area (Å²) in [7, 11) is 3.32. The van der Waals surface area contributed by atoms with Crippen LogP contribution in [-0.4, -0.2) is 48.7 Å². The summed E-state index contributed by atoms with van der Waals surface area (Å²) in [5, 5.41) is 0. The molecule has 1 N–H and O–H groups in total. The minimum atomic E-state index is 0.0197. The van der Waals surface area contributed by atoms with E-state index in [-0.39, 0.29) is 5.56 Å². The van der Waals surface area contributed by atoms with E-state index in [1.807, 2.05) is 18.2 Å². The van der Waals surface area contributed by atoms with Gasteiger partial charge in [-0.3, -0.25) is 14.7 Å². The third kappa shape index (κ3) is 4.40. The van der Waals surface area contributed by atoms with Crippen LogP contribution >= 0.6 is 0 Å². The first kappa shape index (κ1) is 19.8. The second kappa shape index (κ2) is 8.45. The summed E-state index contributed by atoms with van der Waals surface area (Å²) in [6, 6.07) is 5.94. The summed E-state index contributed by atoms with van der Waals surface area (Å²) in [4.78, 5) is 25.1. The Morgan fingerprint density at radius 1 is 1.10 bits per heavy atom. The van der Waals surface area contributed by atoms with E-state index >= 15 is 0 Å². The number of fused-ring (bicyclic) bond motifs is 1. The van der Waals surface area contributed by atoms with Gasteiger partial charge in [0.1, 0.15) is 11.5 Å². The number of piperidine rings is 1. The van der Waals surface area contributed by atoms with Gasteiger partial charge in [-0.25, -0.2) is 4.98 Å². The van der Waals surface area contributed by atoms with E-state index in [2.05, 4.69) is 21.7 Å². The van der Waals surface area contributed by atoms with Crippen LogP contribution in [0.3, 0.4) is 0 Å². The fourth-order valence-corrected chi connectivity index (χ4v) is 4.20. The average Bonchev–Trinajstić information content (AvgIpc) is 2.73. The van der Waals surface area contributed by atoms with E-state index in [0.29, 0.717) is 6.54 Å². The molecule has 4 rings (SSSR count). The number of anilines is 1. The van der Waals surface area contributed by atoms with Crippen LogP contribution in [0, 0.1) is 5.92 Å². The molecular weight excluding hydrogens is 368 g/mol. The van der Waals surface area contributed by atoms with Crippen molar-refractivity contribution in [3.05, 3.63) is 45.4 Å². The van der Waals surface area contributed by atoms with Gasteiger partial charge in [0.15, 0.2) is 0 Å². The second-order valence-electron chi connectivity index (χ2n) is 8.17. The van der Waals surface area contributed by atoms with Crippen molar-refractivity contribution >= 4 is 5.95 Å². The fourth-order valence-electron chi connectivity index (χ4n) is 4.20. The zero-order chi connectivity index (χ0) is 20.4. The summed E-state index contributed by atoms with van der Waals surface area (Å²) in [6.07, 6.45) is 3.01. The van der Waals surface area contributed by atoms with Gasteiger partial charge in [0.05, 0.1) is 19.9 Å². The van der Waals surface area contributed by atoms with Crippen molar-refractivity contribution in [2.75, 3.05) is 38.8 Å². The highest BCUT2D eigenvalue weighted by atomic mass is 16.5. The molecule has 2 aromatic rings. The van der Waals surface area contributed by atoms with Crippen LogP contribution in [0.5, 0.6) is 11.5 Å². The van der Waals surface area contributed by atoms with Crippen molar-refractivity contribution in [2.45, 2.75) is 39.3 Å². The molecule has 0 spiro atoms. The predicted octanol–water partition coefficient (Wildman–Crippen LogP) is 2.58. The number of hydrogen-bond acceptors (Lipinski definition) is 6. The minimum Gasteiger partial charge on any atom is -0.497 e. The number of nitrogens with one attached hydrogen (secondary N) is 1. The maximum atomic E-state index is 12.6. The Labute approximate surface area is 171 Å². The number of H-pyrrole nitrogens is 1. The first-order valence-electron chi connectivity index (χ1n) is 10.4. The Kier molecular flexibility index (Phi) is 5.76. The Morgan fingerprint density at radius 2 is 1.79 bits per heavy atom. The zero-order valence-electron chi connectivity index (χ0n) is 17.5. The number of rotatable bonds is 5. The van der Waals surface area contributed by atoms with Crippen LogP contribution in [0.25, 0.3) is 0 Å². The molecule has 0 aliphatic carbocycles. The van der Waals surface area contributed by atoms with E-state index in [9.17, 15) is 4.79 Å². The fraction of sp³-hybridized carbons (Fsp3) is 0.545. The van der Waals surface area contributed by atoms with Gasteiger partial charge in [-0.05, 0) is 42.9 Å². The molecule has 2 aliphatic heterocycles. The number of ether oxygens (including phenoxy) is 2. The van der Waals surface area contributed by atoms with Crippen molar-refractivity contribution in [1.29, 1.82) is 0 Å². The van der Waals surface area contributed by atoms with Crippen LogP contribution in [0.4, 0.5) is 5.95 Å². The topological polar surface area (TPSA) is 70.7 Å². The molecule has 0 amide bonds. The zero-order valence-corrected chi connectivity index (χ0v) is 17.5. The highest BCUT2D eigenvalue weighted by molar-refractivity contribution is 5.39. The molecule has 1 aromatic heterocycles. The molecule has 1 saturated heterocycles. The van der Waals surface area contributed by atoms with Crippen molar-refractivity contribution in [2.24, 2.45) is 5.92 Å². The smallest absolute Gasteiger partial charge is 0.255 e. The molecule has 0 saturated carbocycles. The monoisotopic (exact) mass is 398 g/mol. The summed E-state index contributed by atoms with van der Waals surface area (Å²) in [5.41, 5.74) is 2.88. The van der Waals surface area contributed by atoms with Gasteiger partial charge in [-0.1, -0.05) is 6.92 Å². The number of aromatic nitrogens is 2. The molecule has 1 fully saturated rings. The van der Waals surface area contributed by atoms with E-state index in [1.165, 1.54) is 0 Å². The highest BCUT2D eigenvalue weighted by Gasteiger charge is 2.24. The second-order valence-corrected chi connectivity index (χ2v) is 8.17. The normalized spacial score (nSPS) is 17.8. The lowest BCUT2D eigenvalue weighted by atomic mass is 9.99. The third-order valence-electron chi connectivity index (χ3n) is 6.04. The summed E-state index contributed by atoms with van der Waals surface area (Å²) in [6.45, 7) is 6.46. The lowest BCUT2D eigenvalue weighted by molar-refractivity contribution is 0.239. The molecule has 156 valence electrons. The molecule has 0 radical (unpaired) electrons. The molecule has 0 unspecified atom stereocenters. The van der Waals surface area contributed by atoms with E-state index in [0.717, 1.165) is 85.6 Å². The highest BCUT2D eigenvalue weighted by Crippen LogP contribution is 2.26. The van der Waals surface area contributed by atoms with Crippen LogP contribution in [0.15, 0.2) is 23.0 Å². The van der Waals surface area contributed by atoms with Gasteiger partial charge < -0.3 is 14.4 Å². The van der Waals surface area contributed by atoms with Gasteiger partial charge in [0, 0.05) is 44.4 Å². The van der Waals surface area contributed by atoms with Crippen LogP contribution in [0.2, 0.25) is 0 Å². The van der Waals surface area contributed by atoms with Crippen LogP contribution in [-0.2, 0) is 19.5 Å². The lowest BCUT2D eigenvalue weighted by Gasteiger charge is -2.32. The number of hydrogen-bond donors (Lipinski definition) is 1. The summed E-state index contributed by atoms with van der Waals surface area (Å²) >= 11 is 0. The van der Waals surface area contributed by atoms with E-state index in [1.54, 1.807) is 14.2 Å². The molecule has 7 heteroatoms. The Morgan fingerprint density at radius 3 is 2.45 bits per heavy atom. The van der Waals surface area contributed by atoms with Crippen molar-refractivity contribution in [1.82, 2.24) is 14.9 Å². The van der Waals surface area contributed by atoms with Crippen LogP contribution in [0.1, 0.15) is 36.6 Å². The maximum Gasteiger partial charge on any atom is 0.255 e. The van der Waals surface area contributed by atoms with E-state index < -0.39 is 0 Å². The molecular formula is C22H30N4O3. The van der Waals surface area contributed by atoms with Gasteiger partial charge in [-0.15, -0.1) is 0 Å². The van der Waals surface area contributed by atoms with Crippen LogP contribution < -0.4 is 19.9 Å². The Bertz CT molecular complexity index is 897.